The van der Waals surface area contributed by atoms with Crippen molar-refractivity contribution in [3.63, 3.8) is 0 Å². The van der Waals surface area contributed by atoms with Crippen molar-refractivity contribution in [2.75, 3.05) is 20.2 Å². The summed E-state index contributed by atoms with van der Waals surface area (Å²) in [6, 6.07) is 9.36. The van der Waals surface area contributed by atoms with Crippen LogP contribution >= 0.6 is 0 Å². The molecule has 0 saturated carbocycles. The Kier molecular flexibility index (Phi) is 5.95. The number of aromatic nitrogens is 2. The van der Waals surface area contributed by atoms with Gasteiger partial charge in [0.05, 0.1) is 13.7 Å². The second-order valence-corrected chi connectivity index (χ2v) is 5.43. The molecular formula is C17H22N4O3. The van der Waals surface area contributed by atoms with E-state index in [0.29, 0.717) is 18.7 Å². The standard InChI is InChI=1S/C17H22N4O3/c1-12-9-15(20-21(12)2)17(23)19-11-16(22)18-8-7-13-5-4-6-14(10-13)24-3/h4-6,9-10H,7-8,11H2,1-3H3,(H,18,22)(H,19,23). The van der Waals surface area contributed by atoms with Crippen LogP contribution in [-0.4, -0.2) is 41.8 Å². The molecule has 0 aliphatic carbocycles. The van der Waals surface area contributed by atoms with Crippen LogP contribution in [0.25, 0.3) is 0 Å². The van der Waals surface area contributed by atoms with Gasteiger partial charge in [-0.15, -0.1) is 0 Å². The third-order valence-corrected chi connectivity index (χ3v) is 3.63. The molecule has 1 aromatic carbocycles. The maximum absolute atomic E-state index is 11.9. The van der Waals surface area contributed by atoms with Gasteiger partial charge >= 0.3 is 0 Å². The predicted octanol–water partition coefficient (Wildman–Crippen LogP) is 0.826. The Labute approximate surface area is 141 Å². The number of ether oxygens (including phenoxy) is 1. The number of nitrogens with one attached hydrogen (secondary N) is 2. The molecule has 7 nitrogen and oxygen atoms in total. The molecule has 0 bridgehead atoms. The molecule has 0 spiro atoms. The summed E-state index contributed by atoms with van der Waals surface area (Å²) in [5.74, 6) is 0.192. The number of methoxy groups -OCH3 is 1. The minimum atomic E-state index is -0.360. The highest BCUT2D eigenvalue weighted by Crippen LogP contribution is 2.12. The first-order chi connectivity index (χ1) is 11.5. The Balaban J connectivity index is 1.72. The van der Waals surface area contributed by atoms with Crippen molar-refractivity contribution in [3.8, 4) is 5.75 Å². The monoisotopic (exact) mass is 330 g/mol. The number of amides is 2. The van der Waals surface area contributed by atoms with E-state index in [1.54, 1.807) is 24.9 Å². The highest BCUT2D eigenvalue weighted by atomic mass is 16.5. The molecule has 1 aromatic heterocycles. The number of carbonyl (C=O) groups excluding carboxylic acids is 2. The van der Waals surface area contributed by atoms with Crippen LogP contribution in [0.15, 0.2) is 30.3 Å². The van der Waals surface area contributed by atoms with Gasteiger partial charge in [0.25, 0.3) is 5.91 Å². The molecule has 24 heavy (non-hydrogen) atoms. The molecule has 0 unspecified atom stereocenters. The van der Waals surface area contributed by atoms with Crippen molar-refractivity contribution in [1.82, 2.24) is 20.4 Å². The number of aryl methyl sites for hydroxylation is 2. The number of carbonyl (C=O) groups is 2. The van der Waals surface area contributed by atoms with E-state index in [1.807, 2.05) is 31.2 Å². The molecule has 2 N–H and O–H groups in total. The lowest BCUT2D eigenvalue weighted by Crippen LogP contribution is -2.37. The summed E-state index contributed by atoms with van der Waals surface area (Å²) in [4.78, 5) is 23.7. The minimum absolute atomic E-state index is 0.0768. The van der Waals surface area contributed by atoms with E-state index in [4.69, 9.17) is 4.74 Å². The maximum atomic E-state index is 11.9. The number of benzene rings is 1. The van der Waals surface area contributed by atoms with Gasteiger partial charge in [-0.3, -0.25) is 14.3 Å². The number of nitrogens with zero attached hydrogens (tertiary/aromatic N) is 2. The molecule has 1 heterocycles. The minimum Gasteiger partial charge on any atom is -0.497 e. The van der Waals surface area contributed by atoms with Gasteiger partial charge in [0.15, 0.2) is 0 Å². The molecule has 128 valence electrons. The van der Waals surface area contributed by atoms with Crippen LogP contribution < -0.4 is 15.4 Å². The van der Waals surface area contributed by atoms with E-state index >= 15 is 0 Å². The van der Waals surface area contributed by atoms with Crippen molar-refractivity contribution >= 4 is 11.8 Å². The number of hydrogen-bond acceptors (Lipinski definition) is 4. The quantitative estimate of drug-likeness (QED) is 0.787. The average molecular weight is 330 g/mol. The Morgan fingerprint density at radius 2 is 2.04 bits per heavy atom. The van der Waals surface area contributed by atoms with Gasteiger partial charge in [-0.2, -0.15) is 5.10 Å². The highest BCUT2D eigenvalue weighted by Gasteiger charge is 2.12. The Morgan fingerprint density at radius 1 is 1.25 bits per heavy atom. The maximum Gasteiger partial charge on any atom is 0.272 e. The first kappa shape index (κ1) is 17.5. The van der Waals surface area contributed by atoms with E-state index in [0.717, 1.165) is 17.0 Å². The zero-order chi connectivity index (χ0) is 17.5. The lowest BCUT2D eigenvalue weighted by molar-refractivity contribution is -0.120. The smallest absolute Gasteiger partial charge is 0.272 e. The third-order valence-electron chi connectivity index (χ3n) is 3.63. The molecule has 0 saturated heterocycles. The summed E-state index contributed by atoms with van der Waals surface area (Å²) in [5.41, 5.74) is 2.25. The molecule has 0 radical (unpaired) electrons. The molecule has 7 heteroatoms. The molecular weight excluding hydrogens is 308 g/mol. The fraction of sp³-hybridized carbons (Fsp3) is 0.353. The van der Waals surface area contributed by atoms with Crippen LogP contribution in [0.4, 0.5) is 0 Å². The van der Waals surface area contributed by atoms with Crippen molar-refractivity contribution < 1.29 is 14.3 Å². The van der Waals surface area contributed by atoms with Crippen LogP contribution in [-0.2, 0) is 18.3 Å². The molecule has 0 aliphatic heterocycles. The zero-order valence-electron chi connectivity index (χ0n) is 14.1. The van der Waals surface area contributed by atoms with Gasteiger partial charge in [0, 0.05) is 19.3 Å². The van der Waals surface area contributed by atoms with Crippen LogP contribution in [0.1, 0.15) is 21.7 Å². The lowest BCUT2D eigenvalue weighted by Gasteiger charge is -2.07. The normalized spacial score (nSPS) is 10.3. The number of hydrogen-bond donors (Lipinski definition) is 2. The summed E-state index contributed by atoms with van der Waals surface area (Å²) in [6.45, 7) is 2.27. The van der Waals surface area contributed by atoms with Crippen LogP contribution in [0.3, 0.4) is 0 Å². The fourth-order valence-electron chi connectivity index (χ4n) is 2.16. The van der Waals surface area contributed by atoms with Crippen molar-refractivity contribution in [1.29, 1.82) is 0 Å². The van der Waals surface area contributed by atoms with Crippen LogP contribution in [0.2, 0.25) is 0 Å². The molecule has 0 aliphatic rings. The van der Waals surface area contributed by atoms with Crippen LogP contribution in [0.5, 0.6) is 5.75 Å². The van der Waals surface area contributed by atoms with E-state index in [9.17, 15) is 9.59 Å². The topological polar surface area (TPSA) is 85.3 Å². The van der Waals surface area contributed by atoms with Gasteiger partial charge in [0.1, 0.15) is 11.4 Å². The summed E-state index contributed by atoms with van der Waals surface area (Å²) >= 11 is 0. The fourth-order valence-corrected chi connectivity index (χ4v) is 2.16. The summed E-state index contributed by atoms with van der Waals surface area (Å²) < 4.78 is 6.77. The number of rotatable bonds is 7. The van der Waals surface area contributed by atoms with E-state index < -0.39 is 0 Å². The average Bonchev–Trinajstić information content (AvgIpc) is 2.92. The summed E-state index contributed by atoms with van der Waals surface area (Å²) in [6.07, 6.45) is 0.691. The summed E-state index contributed by atoms with van der Waals surface area (Å²) in [5, 5.41) is 9.40. The third kappa shape index (κ3) is 4.84. The second-order valence-electron chi connectivity index (χ2n) is 5.43. The molecule has 0 fully saturated rings. The lowest BCUT2D eigenvalue weighted by atomic mass is 10.1. The first-order valence-electron chi connectivity index (χ1n) is 7.68. The van der Waals surface area contributed by atoms with Gasteiger partial charge in [0.2, 0.25) is 5.91 Å². The zero-order valence-corrected chi connectivity index (χ0v) is 14.1. The van der Waals surface area contributed by atoms with Gasteiger partial charge in [-0.05, 0) is 37.1 Å². The van der Waals surface area contributed by atoms with Crippen molar-refractivity contribution in [3.05, 3.63) is 47.3 Å². The SMILES string of the molecule is COc1cccc(CCNC(=O)CNC(=O)c2cc(C)n(C)n2)c1. The van der Waals surface area contributed by atoms with E-state index in [1.165, 1.54) is 0 Å². The Bertz CT molecular complexity index is 705. The largest absolute Gasteiger partial charge is 0.497 e. The highest BCUT2D eigenvalue weighted by molar-refractivity contribution is 5.94. The summed E-state index contributed by atoms with van der Waals surface area (Å²) in [7, 11) is 3.38. The first-order valence-corrected chi connectivity index (χ1v) is 7.68. The van der Waals surface area contributed by atoms with Gasteiger partial charge < -0.3 is 15.4 Å². The molecule has 2 amide bonds. The van der Waals surface area contributed by atoms with E-state index in [-0.39, 0.29) is 18.4 Å². The van der Waals surface area contributed by atoms with Crippen molar-refractivity contribution in [2.24, 2.45) is 7.05 Å². The van der Waals surface area contributed by atoms with Gasteiger partial charge in [-0.25, -0.2) is 0 Å². The van der Waals surface area contributed by atoms with Crippen LogP contribution in [0, 0.1) is 6.92 Å². The van der Waals surface area contributed by atoms with Crippen molar-refractivity contribution in [2.45, 2.75) is 13.3 Å². The van der Waals surface area contributed by atoms with E-state index in [2.05, 4.69) is 15.7 Å². The predicted molar refractivity (Wildman–Crippen MR) is 90.0 cm³/mol. The van der Waals surface area contributed by atoms with Gasteiger partial charge in [-0.1, -0.05) is 12.1 Å². The molecule has 2 aromatic rings. The molecule has 2 rings (SSSR count). The molecule has 0 atom stereocenters. The second kappa shape index (κ2) is 8.14. The Morgan fingerprint density at radius 3 is 2.71 bits per heavy atom. The Hall–Kier alpha value is -2.83.